The Balaban J connectivity index is 2.74. The average Bonchev–Trinajstić information content (AvgIpc) is 2.91. The van der Waals surface area contributed by atoms with Crippen molar-refractivity contribution in [3.8, 4) is 0 Å². The maximum atomic E-state index is 13.4. The molecule has 33 heavy (non-hydrogen) atoms. The van der Waals surface area contributed by atoms with Gasteiger partial charge in [0, 0.05) is 6.42 Å². The van der Waals surface area contributed by atoms with Crippen LogP contribution in [0.2, 0.25) is 0 Å². The summed E-state index contributed by atoms with van der Waals surface area (Å²) in [5.74, 6) is -3.93. The number of aliphatic hydroxyl groups is 1. The Hall–Kier alpha value is -2.94. The number of benzene rings is 1. The molecule has 1 heterocycles. The van der Waals surface area contributed by atoms with Gasteiger partial charge in [0.1, 0.15) is 17.2 Å². The van der Waals surface area contributed by atoms with Crippen molar-refractivity contribution in [3.05, 3.63) is 35.9 Å². The van der Waals surface area contributed by atoms with Crippen LogP contribution in [0.5, 0.6) is 0 Å². The fraction of sp³-hybridized carbons (Fsp3) is 0.583. The molecule has 0 spiro atoms. The lowest BCUT2D eigenvalue weighted by Gasteiger charge is -2.43. The van der Waals surface area contributed by atoms with E-state index in [9.17, 15) is 24.3 Å². The number of likely N-dealkylation sites (tertiary alicyclic amines) is 1. The molecule has 1 amide bonds. The van der Waals surface area contributed by atoms with Crippen LogP contribution in [0.4, 0.5) is 0 Å². The van der Waals surface area contributed by atoms with E-state index in [1.165, 1.54) is 20.8 Å². The summed E-state index contributed by atoms with van der Waals surface area (Å²) >= 11 is 0. The number of amides is 1. The van der Waals surface area contributed by atoms with Crippen LogP contribution in [0.3, 0.4) is 0 Å². The highest BCUT2D eigenvalue weighted by atomic mass is 16.6. The number of carbonyl (C=O) groups is 4. The maximum Gasteiger partial charge on any atom is 0.347 e. The van der Waals surface area contributed by atoms with Crippen LogP contribution in [0.15, 0.2) is 30.3 Å². The molecule has 0 aliphatic carbocycles. The zero-order valence-corrected chi connectivity index (χ0v) is 20.0. The summed E-state index contributed by atoms with van der Waals surface area (Å²) in [6.45, 7) is 9.00. The van der Waals surface area contributed by atoms with Crippen LogP contribution in [0, 0.1) is 0 Å². The summed E-state index contributed by atoms with van der Waals surface area (Å²) < 4.78 is 15.8. The van der Waals surface area contributed by atoms with Gasteiger partial charge in [0.25, 0.3) is 5.54 Å². The second-order valence-electron chi connectivity index (χ2n) is 9.10. The average molecular weight is 464 g/mol. The Morgan fingerprint density at radius 2 is 1.58 bits per heavy atom. The van der Waals surface area contributed by atoms with Gasteiger partial charge in [-0.25, -0.2) is 14.4 Å². The first-order valence-electron chi connectivity index (χ1n) is 11.0. The van der Waals surface area contributed by atoms with E-state index < -0.39 is 53.0 Å². The van der Waals surface area contributed by atoms with Crippen LogP contribution >= 0.6 is 0 Å². The van der Waals surface area contributed by atoms with E-state index in [0.29, 0.717) is 5.56 Å². The molecule has 1 aliphatic rings. The summed E-state index contributed by atoms with van der Waals surface area (Å²) in [7, 11) is 0. The van der Waals surface area contributed by atoms with E-state index >= 15 is 0 Å². The van der Waals surface area contributed by atoms with Crippen molar-refractivity contribution in [2.24, 2.45) is 0 Å². The Kier molecular flexibility index (Phi) is 7.90. The van der Waals surface area contributed by atoms with Crippen molar-refractivity contribution < 1.29 is 38.5 Å². The van der Waals surface area contributed by atoms with Gasteiger partial charge in [0.15, 0.2) is 0 Å². The summed E-state index contributed by atoms with van der Waals surface area (Å²) in [6, 6.07) is 7.39. The largest absolute Gasteiger partial charge is 0.464 e. The number of esters is 3. The van der Waals surface area contributed by atoms with Gasteiger partial charge in [-0.3, -0.25) is 4.79 Å². The van der Waals surface area contributed by atoms with E-state index in [0.717, 1.165) is 4.90 Å². The SMILES string of the molecule is CCOC(=O)C1(C(=O)OCC)N(C(Cc2ccccc2)C(=O)OC(C)(C)C)C(=O)CC1(C)O. The van der Waals surface area contributed by atoms with E-state index in [1.54, 1.807) is 51.1 Å². The number of ether oxygens (including phenoxy) is 3. The lowest BCUT2D eigenvalue weighted by molar-refractivity contribution is -0.194. The second-order valence-corrected chi connectivity index (χ2v) is 9.10. The Morgan fingerprint density at radius 3 is 2.03 bits per heavy atom. The highest BCUT2D eigenvalue weighted by molar-refractivity contribution is 6.13. The van der Waals surface area contributed by atoms with E-state index in [4.69, 9.17) is 14.2 Å². The van der Waals surface area contributed by atoms with Crippen molar-refractivity contribution in [1.82, 2.24) is 4.90 Å². The molecule has 1 fully saturated rings. The number of rotatable bonds is 8. The molecule has 0 radical (unpaired) electrons. The first kappa shape index (κ1) is 26.3. The highest BCUT2D eigenvalue weighted by Gasteiger charge is 2.73. The first-order chi connectivity index (χ1) is 15.3. The summed E-state index contributed by atoms with van der Waals surface area (Å²) in [5, 5.41) is 11.3. The van der Waals surface area contributed by atoms with Gasteiger partial charge in [-0.15, -0.1) is 0 Å². The molecule has 182 valence electrons. The summed E-state index contributed by atoms with van der Waals surface area (Å²) in [4.78, 5) is 54.0. The molecule has 9 heteroatoms. The molecular weight excluding hydrogens is 430 g/mol. The monoisotopic (exact) mass is 463 g/mol. The van der Waals surface area contributed by atoms with Gasteiger partial charge in [0.05, 0.1) is 19.6 Å². The van der Waals surface area contributed by atoms with Gasteiger partial charge >= 0.3 is 17.9 Å². The van der Waals surface area contributed by atoms with Gasteiger partial charge < -0.3 is 24.2 Å². The van der Waals surface area contributed by atoms with Crippen LogP contribution in [0.25, 0.3) is 0 Å². The van der Waals surface area contributed by atoms with Crippen LogP contribution < -0.4 is 0 Å². The summed E-state index contributed by atoms with van der Waals surface area (Å²) in [6.07, 6.45) is -0.642. The first-order valence-corrected chi connectivity index (χ1v) is 11.0. The molecule has 0 bridgehead atoms. The molecule has 0 saturated carbocycles. The Bertz CT molecular complexity index is 869. The van der Waals surface area contributed by atoms with Crippen molar-refractivity contribution in [2.45, 2.75) is 77.2 Å². The van der Waals surface area contributed by atoms with Crippen molar-refractivity contribution >= 4 is 23.8 Å². The normalized spacial score (nSPS) is 20.8. The fourth-order valence-electron chi connectivity index (χ4n) is 4.04. The number of nitrogens with zero attached hydrogens (tertiary/aromatic N) is 1. The van der Waals surface area contributed by atoms with Crippen molar-refractivity contribution in [1.29, 1.82) is 0 Å². The third kappa shape index (κ3) is 5.19. The predicted molar refractivity (Wildman–Crippen MR) is 118 cm³/mol. The minimum atomic E-state index is -2.58. The van der Waals surface area contributed by atoms with E-state index in [1.807, 2.05) is 0 Å². The number of carbonyl (C=O) groups excluding carboxylic acids is 4. The molecule has 2 rings (SSSR count). The van der Waals surface area contributed by atoms with Gasteiger partial charge in [-0.05, 0) is 47.1 Å². The lowest BCUT2D eigenvalue weighted by atomic mass is 9.80. The fourth-order valence-corrected chi connectivity index (χ4v) is 4.04. The van der Waals surface area contributed by atoms with Crippen molar-refractivity contribution in [3.63, 3.8) is 0 Å². The molecule has 1 N–H and O–H groups in total. The van der Waals surface area contributed by atoms with Crippen LogP contribution in [0.1, 0.15) is 53.5 Å². The molecule has 1 saturated heterocycles. The zero-order chi connectivity index (χ0) is 25.0. The topological polar surface area (TPSA) is 119 Å². The molecule has 1 aromatic rings. The van der Waals surface area contributed by atoms with Gasteiger partial charge in [0.2, 0.25) is 5.91 Å². The quantitative estimate of drug-likeness (QED) is 0.352. The predicted octanol–water partition coefficient (Wildman–Crippen LogP) is 1.79. The molecule has 9 nitrogen and oxygen atoms in total. The van der Waals surface area contributed by atoms with Crippen LogP contribution in [-0.4, -0.2) is 69.8 Å². The molecule has 1 aliphatic heterocycles. The third-order valence-corrected chi connectivity index (χ3v) is 5.31. The standard InChI is InChI=1S/C24H33NO8/c1-7-31-20(28)24(21(29)32-8-2)23(6,30)15-18(26)25(24)17(19(27)33-22(3,4)5)14-16-12-10-9-11-13-16/h9-13,17,30H,7-8,14-15H2,1-6H3. The van der Waals surface area contributed by atoms with Gasteiger partial charge in [-0.2, -0.15) is 0 Å². The lowest BCUT2D eigenvalue weighted by Crippen LogP contribution is -2.71. The second kappa shape index (κ2) is 9.91. The molecule has 2 atom stereocenters. The molecule has 1 aromatic carbocycles. The highest BCUT2D eigenvalue weighted by Crippen LogP contribution is 2.44. The maximum absolute atomic E-state index is 13.4. The summed E-state index contributed by atoms with van der Waals surface area (Å²) in [5.41, 5.74) is -5.02. The smallest absolute Gasteiger partial charge is 0.347 e. The van der Waals surface area contributed by atoms with E-state index in [-0.39, 0.29) is 19.6 Å². The van der Waals surface area contributed by atoms with Crippen molar-refractivity contribution in [2.75, 3.05) is 13.2 Å². The third-order valence-electron chi connectivity index (χ3n) is 5.31. The Morgan fingerprint density at radius 1 is 1.06 bits per heavy atom. The minimum absolute atomic E-state index is 0.0574. The van der Waals surface area contributed by atoms with Gasteiger partial charge in [-0.1, -0.05) is 30.3 Å². The Labute approximate surface area is 194 Å². The number of hydrogen-bond donors (Lipinski definition) is 1. The minimum Gasteiger partial charge on any atom is -0.464 e. The number of hydrogen-bond acceptors (Lipinski definition) is 8. The molecule has 0 aromatic heterocycles. The molecular formula is C24H33NO8. The van der Waals surface area contributed by atoms with Crippen LogP contribution in [-0.2, 0) is 39.8 Å². The zero-order valence-electron chi connectivity index (χ0n) is 20.0. The molecule has 2 unspecified atom stereocenters. The van der Waals surface area contributed by atoms with E-state index in [2.05, 4.69) is 0 Å².